The van der Waals surface area contributed by atoms with E-state index in [2.05, 4.69) is 20.5 Å². The molecule has 37 heavy (non-hydrogen) atoms. The SMILES string of the molecule is O=S(=O)(O)c1cc2cccc(S(=O)(=O)O)c2c(O)c1N=Nc1ccc(N=Nc2ccccc2)cc1.[Na].[Na]. The van der Waals surface area contributed by atoms with Crippen molar-refractivity contribution in [1.82, 2.24) is 0 Å². The van der Waals surface area contributed by atoms with Crippen molar-refractivity contribution in [2.24, 2.45) is 20.5 Å². The maximum absolute atomic E-state index is 11.9. The summed E-state index contributed by atoms with van der Waals surface area (Å²) in [5, 5.41) is 26.0. The van der Waals surface area contributed by atoms with Crippen LogP contribution in [-0.4, -0.2) is 90.2 Å². The first kappa shape index (κ1) is 31.2. The van der Waals surface area contributed by atoms with Crippen LogP contribution in [0.4, 0.5) is 22.7 Å². The molecule has 0 atom stereocenters. The van der Waals surface area contributed by atoms with Gasteiger partial charge in [-0.1, -0.05) is 30.3 Å². The third-order valence-corrected chi connectivity index (χ3v) is 6.51. The zero-order valence-electron chi connectivity index (χ0n) is 19.6. The van der Waals surface area contributed by atoms with Gasteiger partial charge >= 0.3 is 0 Å². The first-order valence-corrected chi connectivity index (χ1v) is 12.6. The summed E-state index contributed by atoms with van der Waals surface area (Å²) in [4.78, 5) is -1.47. The second kappa shape index (κ2) is 12.7. The molecule has 180 valence electrons. The van der Waals surface area contributed by atoms with Crippen molar-refractivity contribution < 1.29 is 31.0 Å². The van der Waals surface area contributed by atoms with Crippen LogP contribution in [0, 0.1) is 0 Å². The molecule has 0 aliphatic carbocycles. The minimum absolute atomic E-state index is 0. The molecule has 0 aliphatic heterocycles. The molecule has 0 aliphatic rings. The summed E-state index contributed by atoms with van der Waals surface area (Å²) in [7, 11) is -9.67. The summed E-state index contributed by atoms with van der Waals surface area (Å²) in [5.41, 5.74) is 0.680. The Bertz CT molecular complexity index is 1700. The normalized spacial score (nSPS) is 11.9. The van der Waals surface area contributed by atoms with Gasteiger partial charge in [0, 0.05) is 64.5 Å². The van der Waals surface area contributed by atoms with E-state index >= 15 is 0 Å². The van der Waals surface area contributed by atoms with Crippen molar-refractivity contribution in [3.8, 4) is 5.75 Å². The minimum Gasteiger partial charge on any atom is -0.505 e. The van der Waals surface area contributed by atoms with Crippen molar-refractivity contribution in [2.45, 2.75) is 9.79 Å². The molecule has 0 saturated carbocycles. The van der Waals surface area contributed by atoms with Gasteiger partial charge in [-0.2, -0.15) is 32.2 Å². The van der Waals surface area contributed by atoms with Crippen LogP contribution in [0.2, 0.25) is 0 Å². The Morgan fingerprint density at radius 3 is 1.57 bits per heavy atom. The number of phenols is 1. The molecule has 0 spiro atoms. The number of fused-ring (bicyclic) bond motifs is 1. The average Bonchev–Trinajstić information content (AvgIpc) is 2.82. The Kier molecular flexibility index (Phi) is 10.7. The van der Waals surface area contributed by atoms with E-state index in [9.17, 15) is 31.0 Å². The number of hydrogen-bond acceptors (Lipinski definition) is 9. The van der Waals surface area contributed by atoms with E-state index < -0.39 is 41.5 Å². The Morgan fingerprint density at radius 2 is 1.05 bits per heavy atom. The standard InChI is InChI=1S/C22H16N4O7S2.2Na/c27-22-20-14(5-4-8-18(20)34(28,29)30)13-19(35(31,32)33)21(22)26-25-17-11-9-16(10-12-17)24-23-15-6-2-1-3-7-15;;/h1-13,27H,(H,28,29,30)(H,31,32,33);;. The number of benzene rings is 4. The van der Waals surface area contributed by atoms with Crippen LogP contribution < -0.4 is 0 Å². The quantitative estimate of drug-likeness (QED) is 0.167. The topological polar surface area (TPSA) is 178 Å². The molecule has 0 heterocycles. The second-order valence-electron chi connectivity index (χ2n) is 7.13. The van der Waals surface area contributed by atoms with Crippen molar-refractivity contribution in [1.29, 1.82) is 0 Å². The molecule has 4 rings (SSSR count). The third kappa shape index (κ3) is 7.51. The molecule has 2 radical (unpaired) electrons. The molecule has 15 heteroatoms. The van der Waals surface area contributed by atoms with Gasteiger partial charge in [-0.3, -0.25) is 9.11 Å². The summed E-state index contributed by atoms with van der Waals surface area (Å²) in [6.07, 6.45) is 0. The van der Waals surface area contributed by atoms with Gasteiger partial charge in [0.05, 0.1) is 17.1 Å². The van der Waals surface area contributed by atoms with Gasteiger partial charge < -0.3 is 5.11 Å². The molecule has 4 aromatic rings. The first-order valence-electron chi connectivity index (χ1n) is 9.76. The fraction of sp³-hybridized carbons (Fsp3) is 0. The molecule has 0 amide bonds. The maximum Gasteiger partial charge on any atom is 0.296 e. The predicted octanol–water partition coefficient (Wildman–Crippen LogP) is 5.11. The largest absolute Gasteiger partial charge is 0.505 e. The summed E-state index contributed by atoms with van der Waals surface area (Å²) in [6, 6.07) is 19.7. The Morgan fingerprint density at radius 1 is 0.568 bits per heavy atom. The summed E-state index contributed by atoms with van der Waals surface area (Å²) < 4.78 is 66.5. The van der Waals surface area contributed by atoms with E-state index in [1.165, 1.54) is 24.3 Å². The maximum atomic E-state index is 11.9. The molecule has 3 N–H and O–H groups in total. The zero-order chi connectivity index (χ0) is 25.2. The number of azo groups is 2. The van der Waals surface area contributed by atoms with E-state index in [4.69, 9.17) is 0 Å². The summed E-state index contributed by atoms with van der Waals surface area (Å²) >= 11 is 0. The van der Waals surface area contributed by atoms with Crippen LogP contribution in [0.1, 0.15) is 0 Å². The molecule has 0 saturated heterocycles. The molecular formula is C22H16N4Na2O7S2. The van der Waals surface area contributed by atoms with Crippen molar-refractivity contribution in [3.63, 3.8) is 0 Å². The van der Waals surface area contributed by atoms with Gasteiger partial charge in [-0.25, -0.2) is 0 Å². The van der Waals surface area contributed by atoms with Gasteiger partial charge in [0.25, 0.3) is 20.2 Å². The van der Waals surface area contributed by atoms with E-state index in [-0.39, 0.29) is 75.6 Å². The number of phenolic OH excluding ortho intramolecular Hbond substituents is 1. The Labute approximate surface area is 256 Å². The van der Waals surface area contributed by atoms with Crippen LogP contribution in [0.15, 0.2) is 109 Å². The van der Waals surface area contributed by atoms with E-state index in [1.54, 1.807) is 24.3 Å². The first-order chi connectivity index (χ1) is 16.5. The number of rotatable bonds is 6. The van der Waals surface area contributed by atoms with Crippen LogP contribution >= 0.6 is 0 Å². The average molecular weight is 559 g/mol. The smallest absolute Gasteiger partial charge is 0.296 e. The minimum atomic E-state index is -4.89. The molecule has 11 nitrogen and oxygen atoms in total. The molecule has 0 unspecified atom stereocenters. The van der Waals surface area contributed by atoms with Crippen molar-refractivity contribution in [2.75, 3.05) is 0 Å². The van der Waals surface area contributed by atoms with E-state index in [0.717, 1.165) is 12.1 Å². The van der Waals surface area contributed by atoms with Gasteiger partial charge in [0.2, 0.25) is 0 Å². The monoisotopic (exact) mass is 558 g/mol. The second-order valence-corrected chi connectivity index (χ2v) is 9.91. The van der Waals surface area contributed by atoms with E-state index in [1.807, 2.05) is 18.2 Å². The van der Waals surface area contributed by atoms with Crippen LogP contribution in [0.3, 0.4) is 0 Å². The predicted molar refractivity (Wildman–Crippen MR) is 138 cm³/mol. The molecule has 0 bridgehead atoms. The third-order valence-electron chi connectivity index (χ3n) is 4.75. The number of aromatic hydroxyl groups is 1. The van der Waals surface area contributed by atoms with Crippen molar-refractivity contribution in [3.05, 3.63) is 78.9 Å². The number of nitrogens with zero attached hydrogens (tertiary/aromatic N) is 4. The molecule has 0 aromatic heterocycles. The van der Waals surface area contributed by atoms with Crippen LogP contribution in [0.5, 0.6) is 5.75 Å². The summed E-state index contributed by atoms with van der Waals surface area (Å²) in [6.45, 7) is 0. The summed E-state index contributed by atoms with van der Waals surface area (Å²) in [5.74, 6) is -0.902. The van der Waals surface area contributed by atoms with Gasteiger partial charge in [-0.05, 0) is 53.9 Å². The van der Waals surface area contributed by atoms with E-state index in [0.29, 0.717) is 11.4 Å². The van der Waals surface area contributed by atoms with Gasteiger partial charge in [0.1, 0.15) is 15.5 Å². The van der Waals surface area contributed by atoms with Crippen LogP contribution in [-0.2, 0) is 20.2 Å². The molecule has 0 fully saturated rings. The van der Waals surface area contributed by atoms with Gasteiger partial charge in [-0.15, -0.1) is 5.11 Å². The fourth-order valence-corrected chi connectivity index (χ4v) is 4.56. The number of hydrogen-bond donors (Lipinski definition) is 3. The Balaban J connectivity index is 0.00000241. The zero-order valence-corrected chi connectivity index (χ0v) is 25.2. The fourth-order valence-electron chi connectivity index (χ4n) is 3.18. The molecular weight excluding hydrogens is 542 g/mol. The molecule has 4 aromatic carbocycles. The Hall–Kier alpha value is -2.04. The van der Waals surface area contributed by atoms with Gasteiger partial charge in [0.15, 0.2) is 5.75 Å². The van der Waals surface area contributed by atoms with Crippen LogP contribution in [0.25, 0.3) is 10.8 Å². The van der Waals surface area contributed by atoms with Crippen molar-refractivity contribution >= 4 is 113 Å².